The highest BCUT2D eigenvalue weighted by Gasteiger charge is 2.27. The summed E-state index contributed by atoms with van der Waals surface area (Å²) >= 11 is 0. The predicted molar refractivity (Wildman–Crippen MR) is 77.0 cm³/mol. The van der Waals surface area contributed by atoms with Crippen LogP contribution in [0.3, 0.4) is 0 Å². The second-order valence-electron chi connectivity index (χ2n) is 4.47. The summed E-state index contributed by atoms with van der Waals surface area (Å²) in [6.45, 7) is 5.67. The van der Waals surface area contributed by atoms with Crippen molar-refractivity contribution < 1.29 is 9.53 Å². The molecule has 0 spiro atoms. The Morgan fingerprint density at radius 1 is 1.40 bits per heavy atom. The van der Waals surface area contributed by atoms with Gasteiger partial charge in [0.25, 0.3) is 0 Å². The summed E-state index contributed by atoms with van der Waals surface area (Å²) in [6, 6.07) is 8.50. The molecule has 1 rings (SSSR count). The maximum atomic E-state index is 12.0. The molecular formula is C14H20N4O2. The molecule has 0 saturated heterocycles. The number of carbonyl (C=O) groups is 1. The monoisotopic (exact) mass is 276 g/mol. The van der Waals surface area contributed by atoms with E-state index in [1.165, 1.54) is 0 Å². The van der Waals surface area contributed by atoms with Crippen LogP contribution in [0.1, 0.15) is 32.4 Å². The van der Waals surface area contributed by atoms with Crippen LogP contribution in [0.25, 0.3) is 10.4 Å². The lowest BCUT2D eigenvalue weighted by atomic mass is 10.1. The van der Waals surface area contributed by atoms with Crippen molar-refractivity contribution in [2.45, 2.75) is 38.9 Å². The Morgan fingerprint density at radius 2 is 2.05 bits per heavy atom. The molecule has 3 atom stereocenters. The molecule has 0 aliphatic heterocycles. The minimum Gasteiger partial charge on any atom is -0.465 e. The molecule has 108 valence electrons. The molecule has 0 aromatic heterocycles. The number of ether oxygens (including phenoxy) is 1. The van der Waals surface area contributed by atoms with Gasteiger partial charge >= 0.3 is 5.97 Å². The molecule has 1 aromatic rings. The average molecular weight is 276 g/mol. The van der Waals surface area contributed by atoms with Crippen molar-refractivity contribution in [3.8, 4) is 0 Å². The van der Waals surface area contributed by atoms with E-state index in [1.54, 1.807) is 13.8 Å². The first-order chi connectivity index (χ1) is 9.60. The van der Waals surface area contributed by atoms with E-state index in [1.807, 2.05) is 37.3 Å². The highest BCUT2D eigenvalue weighted by atomic mass is 16.5. The van der Waals surface area contributed by atoms with Gasteiger partial charge in [0.2, 0.25) is 0 Å². The molecule has 0 aliphatic carbocycles. The molecule has 20 heavy (non-hydrogen) atoms. The Bertz CT molecular complexity index is 471. The van der Waals surface area contributed by atoms with E-state index in [-0.39, 0.29) is 6.04 Å². The van der Waals surface area contributed by atoms with Crippen molar-refractivity contribution in [2.24, 2.45) is 5.11 Å². The van der Waals surface area contributed by atoms with Crippen LogP contribution in [0.4, 0.5) is 0 Å². The van der Waals surface area contributed by atoms with Crippen molar-refractivity contribution in [1.29, 1.82) is 0 Å². The molecule has 0 aliphatic rings. The maximum absolute atomic E-state index is 12.0. The van der Waals surface area contributed by atoms with Crippen LogP contribution >= 0.6 is 0 Å². The van der Waals surface area contributed by atoms with Crippen molar-refractivity contribution in [3.05, 3.63) is 46.3 Å². The van der Waals surface area contributed by atoms with E-state index in [2.05, 4.69) is 15.3 Å². The predicted octanol–water partition coefficient (Wildman–Crippen LogP) is 2.97. The smallest absolute Gasteiger partial charge is 0.323 e. The standard InChI is InChI=1S/C14H20N4O2/c1-4-20-14(19)13(11(3)17-18-15)16-10(2)12-8-6-5-7-9-12/h5-11,13,16H,4H2,1-3H3/t10-,11+,13-/m0/s1. The van der Waals surface area contributed by atoms with Gasteiger partial charge in [0.1, 0.15) is 6.04 Å². The van der Waals surface area contributed by atoms with Crippen molar-refractivity contribution in [2.75, 3.05) is 6.61 Å². The number of hydrogen-bond donors (Lipinski definition) is 1. The molecule has 0 saturated carbocycles. The Balaban J connectivity index is 2.83. The zero-order chi connectivity index (χ0) is 15.0. The number of esters is 1. The first kappa shape index (κ1) is 16.0. The fourth-order valence-corrected chi connectivity index (χ4v) is 1.89. The molecule has 6 nitrogen and oxygen atoms in total. The van der Waals surface area contributed by atoms with E-state index < -0.39 is 18.1 Å². The number of nitrogens with zero attached hydrogens (tertiary/aromatic N) is 3. The van der Waals surface area contributed by atoms with Crippen LogP contribution in [-0.2, 0) is 9.53 Å². The van der Waals surface area contributed by atoms with Gasteiger partial charge in [0, 0.05) is 11.0 Å². The highest BCUT2D eigenvalue weighted by Crippen LogP contribution is 2.14. The van der Waals surface area contributed by atoms with Gasteiger partial charge < -0.3 is 4.74 Å². The van der Waals surface area contributed by atoms with Gasteiger partial charge in [0.05, 0.1) is 12.6 Å². The number of hydrogen-bond acceptors (Lipinski definition) is 4. The number of carbonyl (C=O) groups excluding carboxylic acids is 1. The lowest BCUT2D eigenvalue weighted by molar-refractivity contribution is -0.146. The summed E-state index contributed by atoms with van der Waals surface area (Å²) in [5, 5.41) is 6.76. The number of rotatable bonds is 7. The number of nitrogens with one attached hydrogen (secondary N) is 1. The van der Waals surface area contributed by atoms with Gasteiger partial charge in [-0.15, -0.1) is 0 Å². The average Bonchev–Trinajstić information content (AvgIpc) is 2.45. The second kappa shape index (κ2) is 8.19. The normalized spacial score (nSPS) is 14.8. The SMILES string of the molecule is CCOC(=O)[C@@H](N[C@@H](C)c1ccccc1)[C@@H](C)N=[N+]=[N-]. The highest BCUT2D eigenvalue weighted by molar-refractivity contribution is 5.76. The minimum absolute atomic E-state index is 0.0538. The van der Waals surface area contributed by atoms with E-state index in [9.17, 15) is 4.79 Å². The largest absolute Gasteiger partial charge is 0.465 e. The minimum atomic E-state index is -0.666. The van der Waals surface area contributed by atoms with Gasteiger partial charge in [-0.3, -0.25) is 10.1 Å². The van der Waals surface area contributed by atoms with Crippen LogP contribution < -0.4 is 5.32 Å². The first-order valence-corrected chi connectivity index (χ1v) is 6.62. The fourth-order valence-electron chi connectivity index (χ4n) is 1.89. The molecule has 0 heterocycles. The molecule has 0 radical (unpaired) electrons. The molecule has 1 N–H and O–H groups in total. The molecular weight excluding hydrogens is 256 g/mol. The van der Waals surface area contributed by atoms with Crippen LogP contribution in [0.2, 0.25) is 0 Å². The summed E-state index contributed by atoms with van der Waals surface area (Å²) in [6.07, 6.45) is 0. The van der Waals surface area contributed by atoms with Gasteiger partial charge in [-0.05, 0) is 24.9 Å². The van der Waals surface area contributed by atoms with Gasteiger partial charge in [-0.25, -0.2) is 0 Å². The van der Waals surface area contributed by atoms with Crippen molar-refractivity contribution >= 4 is 5.97 Å². The summed E-state index contributed by atoms with van der Waals surface area (Å²) in [4.78, 5) is 14.7. The van der Waals surface area contributed by atoms with E-state index in [0.717, 1.165) is 5.56 Å². The first-order valence-electron chi connectivity index (χ1n) is 6.62. The van der Waals surface area contributed by atoms with Crippen molar-refractivity contribution in [3.63, 3.8) is 0 Å². The zero-order valence-corrected chi connectivity index (χ0v) is 12.0. The third-order valence-electron chi connectivity index (χ3n) is 2.99. The third-order valence-corrected chi connectivity index (χ3v) is 2.99. The molecule has 1 aromatic carbocycles. The van der Waals surface area contributed by atoms with E-state index in [4.69, 9.17) is 10.3 Å². The zero-order valence-electron chi connectivity index (χ0n) is 12.0. The lowest BCUT2D eigenvalue weighted by Gasteiger charge is -2.24. The molecule has 0 fully saturated rings. The molecule has 0 bridgehead atoms. The van der Waals surface area contributed by atoms with Crippen LogP contribution in [-0.4, -0.2) is 24.7 Å². The van der Waals surface area contributed by atoms with Gasteiger partial charge in [0.15, 0.2) is 0 Å². The second-order valence-corrected chi connectivity index (χ2v) is 4.47. The van der Waals surface area contributed by atoms with Crippen molar-refractivity contribution in [1.82, 2.24) is 5.32 Å². The topological polar surface area (TPSA) is 87.1 Å². The van der Waals surface area contributed by atoms with Gasteiger partial charge in [-0.2, -0.15) is 0 Å². The maximum Gasteiger partial charge on any atom is 0.323 e. The van der Waals surface area contributed by atoms with Crippen LogP contribution in [0.5, 0.6) is 0 Å². The Labute approximate surface area is 118 Å². The Morgan fingerprint density at radius 3 is 2.60 bits per heavy atom. The molecule has 0 amide bonds. The third kappa shape index (κ3) is 4.57. The van der Waals surface area contributed by atoms with Crippen LogP contribution in [0.15, 0.2) is 35.4 Å². The quantitative estimate of drug-likeness (QED) is 0.359. The lowest BCUT2D eigenvalue weighted by Crippen LogP contribution is -2.46. The number of benzene rings is 1. The van der Waals surface area contributed by atoms with E-state index >= 15 is 0 Å². The molecule has 0 unspecified atom stereocenters. The summed E-state index contributed by atoms with van der Waals surface area (Å²) in [7, 11) is 0. The van der Waals surface area contributed by atoms with E-state index in [0.29, 0.717) is 6.61 Å². The summed E-state index contributed by atoms with van der Waals surface area (Å²) < 4.78 is 5.02. The Kier molecular flexibility index (Phi) is 6.56. The number of azide groups is 1. The van der Waals surface area contributed by atoms with Gasteiger partial charge in [-0.1, -0.05) is 42.4 Å². The summed E-state index contributed by atoms with van der Waals surface area (Å²) in [5.41, 5.74) is 9.58. The fraction of sp³-hybridized carbons (Fsp3) is 0.500. The molecule has 6 heteroatoms. The Hall–Kier alpha value is -2.04. The summed E-state index contributed by atoms with van der Waals surface area (Å²) in [5.74, 6) is -0.407. The van der Waals surface area contributed by atoms with Crippen LogP contribution in [0, 0.1) is 0 Å².